The molecule has 0 aromatic heterocycles. The molecule has 1 heterocycles. The maximum Gasteiger partial charge on any atom is 0.408 e. The highest BCUT2D eigenvalue weighted by Crippen LogP contribution is 2.29. The fourth-order valence-corrected chi connectivity index (χ4v) is 4.85. The van der Waals surface area contributed by atoms with Crippen LogP contribution in [0.5, 0.6) is 0 Å². The SMILES string of the molecule is CC(C)C[C@H](CC(=O)[C@H](CC(C)C)NC(=O)OCc1ccccc1)C(=O)N[C@@H](Cc1ccccc1)C(=O)[C@@]1(C)CO1. The lowest BCUT2D eigenvalue weighted by atomic mass is 9.87. The van der Waals surface area contributed by atoms with Crippen LogP contribution < -0.4 is 10.6 Å². The number of epoxide rings is 1. The molecule has 1 fully saturated rings. The molecule has 0 unspecified atom stereocenters. The van der Waals surface area contributed by atoms with Crippen LogP contribution in [0.4, 0.5) is 4.79 Å². The topological polar surface area (TPSA) is 114 Å². The Labute approximate surface area is 243 Å². The Morgan fingerprint density at radius 1 is 0.829 bits per heavy atom. The number of hydrogen-bond donors (Lipinski definition) is 2. The summed E-state index contributed by atoms with van der Waals surface area (Å²) in [5.41, 5.74) is 0.859. The van der Waals surface area contributed by atoms with Crippen molar-refractivity contribution in [1.82, 2.24) is 10.6 Å². The van der Waals surface area contributed by atoms with Crippen molar-refractivity contribution in [3.8, 4) is 0 Å². The molecule has 0 aliphatic carbocycles. The lowest BCUT2D eigenvalue weighted by molar-refractivity contribution is -0.134. The predicted molar refractivity (Wildman–Crippen MR) is 157 cm³/mol. The molecule has 3 rings (SSSR count). The number of benzene rings is 2. The molecule has 4 atom stereocenters. The first-order chi connectivity index (χ1) is 19.5. The summed E-state index contributed by atoms with van der Waals surface area (Å²) in [6, 6.07) is 17.2. The van der Waals surface area contributed by atoms with Crippen LogP contribution in [-0.2, 0) is 36.9 Å². The van der Waals surface area contributed by atoms with Crippen LogP contribution in [-0.4, -0.2) is 47.9 Å². The van der Waals surface area contributed by atoms with E-state index in [0.717, 1.165) is 11.1 Å². The standard InChI is InChI=1S/C33H44N2O6/c1-22(2)16-26(31(38)34-28(30(37)33(5)21-41-33)18-24-12-8-6-9-13-24)19-29(36)27(17-23(3)4)35-32(39)40-20-25-14-10-7-11-15-25/h6-15,22-23,26-28H,16-21H2,1-5H3,(H,34,38)(H,35,39)/t26-,27+,28+,33-/m1/s1. The van der Waals surface area contributed by atoms with Gasteiger partial charge in [-0.15, -0.1) is 0 Å². The maximum absolute atomic E-state index is 13.6. The number of Topliss-reactive ketones (excluding diaryl/α,β-unsaturated/α-hetero) is 2. The van der Waals surface area contributed by atoms with Gasteiger partial charge >= 0.3 is 6.09 Å². The Balaban J connectivity index is 1.70. The molecule has 0 saturated carbocycles. The van der Waals surface area contributed by atoms with E-state index in [4.69, 9.17) is 9.47 Å². The minimum atomic E-state index is -0.900. The number of ketones is 2. The number of hydrogen-bond acceptors (Lipinski definition) is 6. The van der Waals surface area contributed by atoms with Gasteiger partial charge in [0.15, 0.2) is 11.6 Å². The van der Waals surface area contributed by atoms with Gasteiger partial charge in [0.1, 0.15) is 12.2 Å². The average Bonchev–Trinajstić information content (AvgIpc) is 3.69. The Morgan fingerprint density at radius 3 is 1.93 bits per heavy atom. The van der Waals surface area contributed by atoms with E-state index in [1.54, 1.807) is 6.92 Å². The van der Waals surface area contributed by atoms with Gasteiger partial charge in [0.05, 0.1) is 18.7 Å². The highest BCUT2D eigenvalue weighted by Gasteiger charge is 2.50. The maximum atomic E-state index is 13.6. The van der Waals surface area contributed by atoms with Crippen LogP contribution in [0, 0.1) is 17.8 Å². The zero-order valence-corrected chi connectivity index (χ0v) is 24.9. The van der Waals surface area contributed by atoms with Gasteiger partial charge in [-0.25, -0.2) is 4.79 Å². The van der Waals surface area contributed by atoms with Crippen molar-refractivity contribution in [2.45, 2.75) is 84.6 Å². The zero-order valence-electron chi connectivity index (χ0n) is 24.9. The molecule has 1 aliphatic heterocycles. The number of amides is 2. The van der Waals surface area contributed by atoms with Crippen molar-refractivity contribution in [1.29, 1.82) is 0 Å². The molecule has 0 radical (unpaired) electrons. The van der Waals surface area contributed by atoms with E-state index < -0.39 is 29.7 Å². The summed E-state index contributed by atoms with van der Waals surface area (Å²) in [6.45, 7) is 10.1. The van der Waals surface area contributed by atoms with E-state index in [1.165, 1.54) is 0 Å². The number of ether oxygens (including phenoxy) is 2. The third-order valence-electron chi connectivity index (χ3n) is 7.19. The van der Waals surface area contributed by atoms with E-state index in [9.17, 15) is 19.2 Å². The molecular formula is C33H44N2O6. The summed E-state index contributed by atoms with van der Waals surface area (Å²) in [5, 5.41) is 5.67. The van der Waals surface area contributed by atoms with Crippen LogP contribution >= 0.6 is 0 Å². The van der Waals surface area contributed by atoms with Crippen molar-refractivity contribution in [2.24, 2.45) is 17.8 Å². The number of nitrogens with one attached hydrogen (secondary N) is 2. The summed E-state index contributed by atoms with van der Waals surface area (Å²) < 4.78 is 10.7. The van der Waals surface area contributed by atoms with E-state index in [0.29, 0.717) is 25.9 Å². The first-order valence-corrected chi connectivity index (χ1v) is 14.5. The van der Waals surface area contributed by atoms with E-state index in [1.807, 2.05) is 88.4 Å². The Bertz CT molecular complexity index is 1160. The number of carbonyl (C=O) groups is 4. The predicted octanol–water partition coefficient (Wildman–Crippen LogP) is 5.03. The normalized spacial score (nSPS) is 18.3. The van der Waals surface area contributed by atoms with Gasteiger partial charge in [-0.1, -0.05) is 88.4 Å². The van der Waals surface area contributed by atoms with Gasteiger partial charge in [0.25, 0.3) is 0 Å². The molecule has 1 saturated heterocycles. The van der Waals surface area contributed by atoms with Crippen LogP contribution in [0.25, 0.3) is 0 Å². The first-order valence-electron chi connectivity index (χ1n) is 14.5. The molecule has 0 spiro atoms. The minimum absolute atomic E-state index is 0.0552. The van der Waals surface area contributed by atoms with E-state index in [2.05, 4.69) is 10.6 Å². The molecule has 1 aliphatic rings. The molecule has 2 aromatic carbocycles. The zero-order chi connectivity index (χ0) is 30.0. The molecule has 0 bridgehead atoms. The number of carbonyl (C=O) groups excluding carboxylic acids is 4. The highest BCUT2D eigenvalue weighted by molar-refractivity contribution is 5.98. The van der Waals surface area contributed by atoms with Crippen molar-refractivity contribution < 1.29 is 28.7 Å². The summed E-state index contributed by atoms with van der Waals surface area (Å²) in [4.78, 5) is 53.0. The molecular weight excluding hydrogens is 520 g/mol. The van der Waals surface area contributed by atoms with Crippen LogP contribution in [0.15, 0.2) is 60.7 Å². The Morgan fingerprint density at radius 2 is 1.39 bits per heavy atom. The molecule has 2 N–H and O–H groups in total. The third-order valence-corrected chi connectivity index (χ3v) is 7.19. The van der Waals surface area contributed by atoms with Gasteiger partial charge in [-0.05, 0) is 49.1 Å². The summed E-state index contributed by atoms with van der Waals surface area (Å²) in [7, 11) is 0. The number of rotatable bonds is 16. The largest absolute Gasteiger partial charge is 0.445 e. The summed E-state index contributed by atoms with van der Waals surface area (Å²) in [6.07, 6.45) is 0.478. The lowest BCUT2D eigenvalue weighted by Gasteiger charge is -2.26. The van der Waals surface area contributed by atoms with Crippen molar-refractivity contribution >= 4 is 23.6 Å². The highest BCUT2D eigenvalue weighted by atomic mass is 16.6. The lowest BCUT2D eigenvalue weighted by Crippen LogP contribution is -2.50. The Hall–Kier alpha value is -3.52. The van der Waals surface area contributed by atoms with Crippen LogP contribution in [0.2, 0.25) is 0 Å². The first kappa shape index (κ1) is 32.0. The molecule has 41 heavy (non-hydrogen) atoms. The van der Waals surface area contributed by atoms with E-state index in [-0.39, 0.29) is 42.3 Å². The van der Waals surface area contributed by atoms with Crippen molar-refractivity contribution in [3.63, 3.8) is 0 Å². The fraction of sp³-hybridized carbons (Fsp3) is 0.515. The van der Waals surface area contributed by atoms with Gasteiger partial charge in [-0.2, -0.15) is 0 Å². The van der Waals surface area contributed by atoms with E-state index >= 15 is 0 Å². The van der Waals surface area contributed by atoms with Crippen LogP contribution in [0.3, 0.4) is 0 Å². The molecule has 2 aromatic rings. The smallest absolute Gasteiger partial charge is 0.408 e. The second-order valence-electron chi connectivity index (χ2n) is 12.0. The van der Waals surface area contributed by atoms with Gasteiger partial charge in [0, 0.05) is 12.3 Å². The Kier molecular flexibility index (Phi) is 11.6. The number of alkyl carbamates (subject to hydrolysis) is 1. The average molecular weight is 565 g/mol. The molecule has 222 valence electrons. The fourth-order valence-electron chi connectivity index (χ4n) is 4.85. The minimum Gasteiger partial charge on any atom is -0.445 e. The van der Waals surface area contributed by atoms with Crippen LogP contribution in [0.1, 0.15) is 65.0 Å². The summed E-state index contributed by atoms with van der Waals surface area (Å²) in [5.74, 6) is -1.15. The van der Waals surface area contributed by atoms with Crippen molar-refractivity contribution in [3.05, 3.63) is 71.8 Å². The van der Waals surface area contributed by atoms with Gasteiger partial charge in [-0.3, -0.25) is 14.4 Å². The second-order valence-corrected chi connectivity index (χ2v) is 12.0. The summed E-state index contributed by atoms with van der Waals surface area (Å²) >= 11 is 0. The van der Waals surface area contributed by atoms with Gasteiger partial charge < -0.3 is 20.1 Å². The van der Waals surface area contributed by atoms with Crippen molar-refractivity contribution in [2.75, 3.05) is 6.61 Å². The molecule has 8 nitrogen and oxygen atoms in total. The molecule has 8 heteroatoms. The quantitative estimate of drug-likeness (QED) is 0.276. The van der Waals surface area contributed by atoms with Gasteiger partial charge in [0.2, 0.25) is 5.91 Å². The third kappa shape index (κ3) is 10.4. The second kappa shape index (κ2) is 14.9. The molecule has 2 amide bonds. The monoisotopic (exact) mass is 564 g/mol.